The third-order valence-corrected chi connectivity index (χ3v) is 8.41. The van der Waals surface area contributed by atoms with E-state index in [9.17, 15) is 23.9 Å². The third-order valence-electron chi connectivity index (χ3n) is 7.76. The number of pyridine rings is 1. The molecule has 2 heterocycles. The minimum Gasteiger partial charge on any atom is -0.481 e. The molecule has 1 aromatic heterocycles. The molecule has 5 rings (SSSR count). The number of fused-ring (bicyclic) bond motifs is 1. The number of hydrogen-bond acceptors (Lipinski definition) is 5. The Morgan fingerprint density at radius 1 is 1.10 bits per heavy atom. The third kappa shape index (κ3) is 6.50. The number of hydrogen-bond donors (Lipinski definition) is 2. The molecule has 0 radical (unpaired) electrons. The largest absolute Gasteiger partial charge is 0.481 e. The van der Waals surface area contributed by atoms with Gasteiger partial charge in [-0.25, -0.2) is 4.39 Å². The highest BCUT2D eigenvalue weighted by Crippen LogP contribution is 2.29. The number of ether oxygens (including phenoxy) is 1. The lowest BCUT2D eigenvalue weighted by atomic mass is 9.87. The van der Waals surface area contributed by atoms with Crippen molar-refractivity contribution >= 4 is 50.2 Å². The summed E-state index contributed by atoms with van der Waals surface area (Å²) in [6, 6.07) is 14.3. The summed E-state index contributed by atoms with van der Waals surface area (Å²) in [7, 11) is 0. The number of halogens is 2. The van der Waals surface area contributed by atoms with Crippen molar-refractivity contribution in [3.63, 3.8) is 0 Å². The van der Waals surface area contributed by atoms with Gasteiger partial charge in [-0.05, 0) is 70.8 Å². The molecule has 3 aromatic rings. The average Bonchev–Trinajstić information content (AvgIpc) is 3.33. The molecule has 2 N–H and O–H groups in total. The van der Waals surface area contributed by atoms with Crippen LogP contribution in [-0.2, 0) is 20.7 Å². The lowest BCUT2D eigenvalue weighted by Crippen LogP contribution is -2.40. The normalized spacial score (nSPS) is 22.8. The first-order chi connectivity index (χ1) is 19.3. The molecular formula is C30H31BrFN3O5. The molecule has 2 aliphatic rings. The van der Waals surface area contributed by atoms with Gasteiger partial charge in [-0.1, -0.05) is 30.3 Å². The molecule has 2 atom stereocenters. The van der Waals surface area contributed by atoms with E-state index in [1.165, 1.54) is 0 Å². The van der Waals surface area contributed by atoms with Crippen molar-refractivity contribution in [2.24, 2.45) is 5.92 Å². The van der Waals surface area contributed by atoms with Crippen LogP contribution in [0.2, 0.25) is 0 Å². The van der Waals surface area contributed by atoms with Crippen molar-refractivity contribution in [1.82, 2.24) is 9.88 Å². The standard InChI is InChI=1S/C30H31BrFN3O5/c31-25-13-18(5-10-26(25)34-29(37)28-24-4-2-1-3-19(24)11-12-33-28)14-27(36)35-16-21(32)15-22(35)17-40-23-8-6-20(7-9-23)30(38)39/h1-5,10-13,20-23H,6-9,14-17H2,(H,34,37)(H,38,39)/t20-,21-,22-,23-/m0/s1. The molecule has 1 aliphatic heterocycles. The highest BCUT2D eigenvalue weighted by atomic mass is 79.9. The quantitative estimate of drug-likeness (QED) is 0.353. The Balaban J connectivity index is 1.18. The molecule has 2 aromatic carbocycles. The summed E-state index contributed by atoms with van der Waals surface area (Å²) in [6.45, 7) is 0.275. The molecule has 1 saturated carbocycles. The van der Waals surface area contributed by atoms with Crippen LogP contribution in [0.5, 0.6) is 0 Å². The summed E-state index contributed by atoms with van der Waals surface area (Å²) in [5, 5.41) is 13.7. The summed E-state index contributed by atoms with van der Waals surface area (Å²) in [6.07, 6.45) is 3.21. The van der Waals surface area contributed by atoms with Crippen molar-refractivity contribution in [2.75, 3.05) is 18.5 Å². The lowest BCUT2D eigenvalue weighted by molar-refractivity contribution is -0.144. The number of rotatable bonds is 8. The minimum atomic E-state index is -1.10. The number of likely N-dealkylation sites (tertiary alicyclic amines) is 1. The SMILES string of the molecule is O=C(Nc1ccc(CC(=O)N2C[C@@H](F)C[C@H]2CO[C@H]2CC[C@H](C(=O)O)CC2)cc1Br)c1nccc2ccccc12. The second-order valence-corrected chi connectivity index (χ2v) is 11.4. The summed E-state index contributed by atoms with van der Waals surface area (Å²) >= 11 is 3.50. The van der Waals surface area contributed by atoms with Gasteiger partial charge in [0.25, 0.3) is 5.91 Å². The number of nitrogens with one attached hydrogen (secondary N) is 1. The van der Waals surface area contributed by atoms with Crippen LogP contribution in [0.25, 0.3) is 10.8 Å². The molecule has 1 saturated heterocycles. The van der Waals surface area contributed by atoms with Crippen LogP contribution in [0.3, 0.4) is 0 Å². The fraction of sp³-hybridized carbons (Fsp3) is 0.400. The van der Waals surface area contributed by atoms with Crippen LogP contribution in [0, 0.1) is 5.92 Å². The lowest BCUT2D eigenvalue weighted by Gasteiger charge is -2.29. The van der Waals surface area contributed by atoms with Crippen molar-refractivity contribution in [3.8, 4) is 0 Å². The van der Waals surface area contributed by atoms with Crippen LogP contribution in [0.15, 0.2) is 59.2 Å². The van der Waals surface area contributed by atoms with Crippen LogP contribution in [-0.4, -0.2) is 64.2 Å². The van der Waals surface area contributed by atoms with E-state index in [1.54, 1.807) is 29.3 Å². The number of carboxylic acids is 1. The van der Waals surface area contributed by atoms with E-state index in [-0.39, 0.29) is 55.9 Å². The van der Waals surface area contributed by atoms with E-state index in [1.807, 2.05) is 30.3 Å². The zero-order valence-corrected chi connectivity index (χ0v) is 23.5. The van der Waals surface area contributed by atoms with E-state index in [0.717, 1.165) is 16.3 Å². The fourth-order valence-electron chi connectivity index (χ4n) is 5.57. The molecular weight excluding hydrogens is 581 g/mol. The van der Waals surface area contributed by atoms with Crippen LogP contribution < -0.4 is 5.32 Å². The van der Waals surface area contributed by atoms with Gasteiger partial charge in [-0.15, -0.1) is 0 Å². The predicted molar refractivity (Wildman–Crippen MR) is 152 cm³/mol. The first-order valence-electron chi connectivity index (χ1n) is 13.5. The number of amides is 2. The van der Waals surface area contributed by atoms with Crippen molar-refractivity contribution in [1.29, 1.82) is 0 Å². The monoisotopic (exact) mass is 611 g/mol. The van der Waals surface area contributed by atoms with Crippen molar-refractivity contribution in [3.05, 3.63) is 70.5 Å². The van der Waals surface area contributed by atoms with Gasteiger partial charge < -0.3 is 20.1 Å². The second kappa shape index (κ2) is 12.4. The van der Waals surface area contributed by atoms with Gasteiger partial charge in [0, 0.05) is 22.5 Å². The Kier molecular flexibility index (Phi) is 8.75. The Morgan fingerprint density at radius 3 is 2.62 bits per heavy atom. The van der Waals surface area contributed by atoms with Gasteiger partial charge in [0.1, 0.15) is 11.9 Å². The summed E-state index contributed by atoms with van der Waals surface area (Å²) in [5.41, 5.74) is 1.60. The highest BCUT2D eigenvalue weighted by Gasteiger charge is 2.36. The Hall–Kier alpha value is -3.37. The number of alkyl halides is 1. The summed E-state index contributed by atoms with van der Waals surface area (Å²) in [4.78, 5) is 43.1. The van der Waals surface area contributed by atoms with Gasteiger partial charge in [-0.2, -0.15) is 0 Å². The maximum atomic E-state index is 14.3. The topological polar surface area (TPSA) is 109 Å². The Morgan fingerprint density at radius 2 is 1.88 bits per heavy atom. The van der Waals surface area contributed by atoms with E-state index in [0.29, 0.717) is 41.5 Å². The van der Waals surface area contributed by atoms with Gasteiger partial charge >= 0.3 is 5.97 Å². The molecule has 10 heteroatoms. The van der Waals surface area contributed by atoms with Crippen molar-refractivity contribution in [2.45, 2.75) is 56.8 Å². The minimum absolute atomic E-state index is 0.0337. The van der Waals surface area contributed by atoms with Gasteiger partial charge in [0.15, 0.2) is 0 Å². The van der Waals surface area contributed by atoms with E-state index < -0.39 is 12.1 Å². The molecule has 1 aliphatic carbocycles. The number of carboxylic acid groups (broad SMARTS) is 1. The van der Waals surface area contributed by atoms with Gasteiger partial charge in [0.2, 0.25) is 5.91 Å². The predicted octanol–water partition coefficient (Wildman–Crippen LogP) is 5.39. The second-order valence-electron chi connectivity index (χ2n) is 10.5. The number of aromatic nitrogens is 1. The molecule has 0 unspecified atom stereocenters. The van der Waals surface area contributed by atoms with E-state index in [2.05, 4.69) is 26.2 Å². The number of anilines is 1. The fourth-order valence-corrected chi connectivity index (χ4v) is 6.10. The highest BCUT2D eigenvalue weighted by molar-refractivity contribution is 9.10. The van der Waals surface area contributed by atoms with Crippen LogP contribution >= 0.6 is 15.9 Å². The maximum Gasteiger partial charge on any atom is 0.306 e. The summed E-state index contributed by atoms with van der Waals surface area (Å²) < 4.78 is 21.0. The first kappa shape index (κ1) is 28.2. The smallest absolute Gasteiger partial charge is 0.306 e. The van der Waals surface area contributed by atoms with Gasteiger partial charge in [0.05, 0.1) is 43.3 Å². The molecule has 8 nitrogen and oxygen atoms in total. The zero-order valence-electron chi connectivity index (χ0n) is 21.9. The number of aliphatic carboxylic acids is 1. The molecule has 40 heavy (non-hydrogen) atoms. The van der Waals surface area contributed by atoms with Crippen LogP contribution in [0.1, 0.15) is 48.2 Å². The average molecular weight is 612 g/mol. The number of carbonyl (C=O) groups is 3. The molecule has 2 fully saturated rings. The molecule has 0 bridgehead atoms. The first-order valence-corrected chi connectivity index (χ1v) is 14.3. The van der Waals surface area contributed by atoms with Gasteiger partial charge in [-0.3, -0.25) is 19.4 Å². The zero-order chi connectivity index (χ0) is 28.2. The van der Waals surface area contributed by atoms with Crippen LogP contribution in [0.4, 0.5) is 10.1 Å². The van der Waals surface area contributed by atoms with E-state index in [4.69, 9.17) is 4.74 Å². The Bertz CT molecular complexity index is 1410. The van der Waals surface area contributed by atoms with E-state index >= 15 is 0 Å². The van der Waals surface area contributed by atoms with Crippen molar-refractivity contribution < 1.29 is 28.6 Å². The molecule has 0 spiro atoms. The Labute approximate surface area is 240 Å². The number of benzene rings is 2. The number of carbonyl (C=O) groups excluding carboxylic acids is 2. The summed E-state index contributed by atoms with van der Waals surface area (Å²) in [5.74, 6) is -1.62. The molecule has 2 amide bonds. The molecule has 210 valence electrons. The number of nitrogens with zero attached hydrogens (tertiary/aromatic N) is 2. The maximum absolute atomic E-state index is 14.3.